The Bertz CT molecular complexity index is 329. The van der Waals surface area contributed by atoms with Crippen LogP contribution < -0.4 is 0 Å². The molecule has 0 bridgehead atoms. The van der Waals surface area contributed by atoms with Crippen LogP contribution in [0.5, 0.6) is 0 Å². The number of hydrogen-bond acceptors (Lipinski definition) is 0. The second-order valence-electron chi connectivity index (χ2n) is 2.40. The third-order valence-electron chi connectivity index (χ3n) is 1.31. The van der Waals surface area contributed by atoms with E-state index in [2.05, 4.69) is 11.8 Å². The quantitative estimate of drug-likeness (QED) is 0.483. The zero-order chi connectivity index (χ0) is 9.68. The Hall–Kier alpha value is -1.07. The van der Waals surface area contributed by atoms with E-state index in [0.717, 1.165) is 6.07 Å². The number of rotatable bonds is 1. The first-order valence-corrected chi connectivity index (χ1v) is 4.27. The molecule has 0 fully saturated rings. The molecule has 0 radical (unpaired) electrons. The largest absolute Gasteiger partial charge is 0.207 e. The molecular weight excluding hydrogens is 194 g/mol. The molecule has 0 aliphatic carbocycles. The molecular formula is C10H7ClF2. The lowest BCUT2D eigenvalue weighted by Crippen LogP contribution is -1.82. The molecule has 0 spiro atoms. The third-order valence-corrected chi connectivity index (χ3v) is 1.50. The zero-order valence-electron chi connectivity index (χ0n) is 6.78. The van der Waals surface area contributed by atoms with E-state index in [0.29, 0.717) is 17.9 Å². The highest BCUT2D eigenvalue weighted by atomic mass is 35.5. The Balaban J connectivity index is 2.85. The summed E-state index contributed by atoms with van der Waals surface area (Å²) in [6.07, 6.45) is 0.514. The maximum absolute atomic E-state index is 12.6. The number of benzene rings is 1. The van der Waals surface area contributed by atoms with E-state index < -0.39 is 11.6 Å². The van der Waals surface area contributed by atoms with Crippen molar-refractivity contribution in [1.82, 2.24) is 0 Å². The van der Waals surface area contributed by atoms with Crippen molar-refractivity contribution >= 4 is 11.6 Å². The molecule has 0 saturated heterocycles. The number of hydrogen-bond donors (Lipinski definition) is 0. The summed E-state index contributed by atoms with van der Waals surface area (Å²) < 4.78 is 25.2. The summed E-state index contributed by atoms with van der Waals surface area (Å²) in [5.41, 5.74) is 0.336. The Morgan fingerprint density at radius 2 is 1.77 bits per heavy atom. The van der Waals surface area contributed by atoms with Crippen LogP contribution >= 0.6 is 11.6 Å². The first-order valence-electron chi connectivity index (χ1n) is 3.73. The SMILES string of the molecule is Fc1cc(F)cc(C#CCCCl)c1. The van der Waals surface area contributed by atoms with Crippen molar-refractivity contribution < 1.29 is 8.78 Å². The summed E-state index contributed by atoms with van der Waals surface area (Å²) in [5.74, 6) is 4.49. The fourth-order valence-corrected chi connectivity index (χ4v) is 0.932. The average molecular weight is 201 g/mol. The minimum absolute atomic E-state index is 0.336. The summed E-state index contributed by atoms with van der Waals surface area (Å²) >= 11 is 5.38. The predicted molar refractivity (Wildman–Crippen MR) is 48.6 cm³/mol. The van der Waals surface area contributed by atoms with Gasteiger partial charge in [-0.25, -0.2) is 8.78 Å². The number of halogens is 3. The van der Waals surface area contributed by atoms with Crippen LogP contribution in [0, 0.1) is 23.5 Å². The van der Waals surface area contributed by atoms with E-state index in [1.165, 1.54) is 12.1 Å². The van der Waals surface area contributed by atoms with Gasteiger partial charge in [0.1, 0.15) is 11.6 Å². The molecule has 0 amide bonds. The molecule has 13 heavy (non-hydrogen) atoms. The van der Waals surface area contributed by atoms with Crippen LogP contribution in [0.2, 0.25) is 0 Å². The minimum atomic E-state index is -0.616. The number of alkyl halides is 1. The van der Waals surface area contributed by atoms with Crippen molar-refractivity contribution in [3.8, 4) is 11.8 Å². The summed E-state index contributed by atoms with van der Waals surface area (Å²) in [6, 6.07) is 3.18. The molecule has 1 aromatic rings. The Morgan fingerprint density at radius 3 is 2.31 bits per heavy atom. The maximum atomic E-state index is 12.6. The van der Waals surface area contributed by atoms with Gasteiger partial charge >= 0.3 is 0 Å². The van der Waals surface area contributed by atoms with Gasteiger partial charge in [0.05, 0.1) is 0 Å². The van der Waals surface area contributed by atoms with Crippen molar-refractivity contribution in [3.05, 3.63) is 35.4 Å². The summed E-state index contributed by atoms with van der Waals surface area (Å²) in [5, 5.41) is 0. The third kappa shape index (κ3) is 3.43. The molecule has 0 nitrogen and oxygen atoms in total. The standard InChI is InChI=1S/C10H7ClF2/c11-4-2-1-3-8-5-9(12)7-10(13)6-8/h5-7H,2,4H2. The van der Waals surface area contributed by atoms with E-state index in [-0.39, 0.29) is 0 Å². The van der Waals surface area contributed by atoms with Crippen LogP contribution in [0.15, 0.2) is 18.2 Å². The lowest BCUT2D eigenvalue weighted by atomic mass is 10.2. The molecule has 0 atom stereocenters. The minimum Gasteiger partial charge on any atom is -0.207 e. The van der Waals surface area contributed by atoms with Gasteiger partial charge in [-0.05, 0) is 12.1 Å². The topological polar surface area (TPSA) is 0 Å². The van der Waals surface area contributed by atoms with Gasteiger partial charge in [-0.2, -0.15) is 0 Å². The second-order valence-corrected chi connectivity index (χ2v) is 2.78. The fraction of sp³-hybridized carbons (Fsp3) is 0.200. The highest BCUT2D eigenvalue weighted by molar-refractivity contribution is 6.18. The highest BCUT2D eigenvalue weighted by Crippen LogP contribution is 2.06. The molecule has 1 rings (SSSR count). The second kappa shape index (κ2) is 4.84. The molecule has 0 aromatic heterocycles. The van der Waals surface area contributed by atoms with Gasteiger partial charge in [0.25, 0.3) is 0 Å². The normalized spacial score (nSPS) is 9.15. The van der Waals surface area contributed by atoms with E-state index in [1.807, 2.05) is 0 Å². The van der Waals surface area contributed by atoms with Crippen LogP contribution in [-0.4, -0.2) is 5.88 Å². The van der Waals surface area contributed by atoms with Crippen LogP contribution in [0.4, 0.5) is 8.78 Å². The van der Waals surface area contributed by atoms with Crippen LogP contribution in [0.3, 0.4) is 0 Å². The van der Waals surface area contributed by atoms with Crippen molar-refractivity contribution in [3.63, 3.8) is 0 Å². The predicted octanol–water partition coefficient (Wildman–Crippen LogP) is 2.95. The fourth-order valence-electron chi connectivity index (χ4n) is 0.838. The van der Waals surface area contributed by atoms with Crippen LogP contribution in [0.1, 0.15) is 12.0 Å². The lowest BCUT2D eigenvalue weighted by molar-refractivity contribution is 0.582. The van der Waals surface area contributed by atoms with Gasteiger partial charge in [0, 0.05) is 23.9 Å². The van der Waals surface area contributed by atoms with E-state index in [1.54, 1.807) is 0 Å². The molecule has 0 aliphatic rings. The Kier molecular flexibility index (Phi) is 3.72. The van der Waals surface area contributed by atoms with Crippen molar-refractivity contribution in [1.29, 1.82) is 0 Å². The molecule has 0 aliphatic heterocycles. The first kappa shape index (κ1) is 10.0. The molecule has 0 N–H and O–H groups in total. The smallest absolute Gasteiger partial charge is 0.127 e. The van der Waals surface area contributed by atoms with E-state index >= 15 is 0 Å². The monoisotopic (exact) mass is 200 g/mol. The van der Waals surface area contributed by atoms with Crippen molar-refractivity contribution in [2.24, 2.45) is 0 Å². The molecule has 3 heteroatoms. The van der Waals surface area contributed by atoms with Gasteiger partial charge in [-0.3, -0.25) is 0 Å². The molecule has 0 unspecified atom stereocenters. The molecule has 0 heterocycles. The maximum Gasteiger partial charge on any atom is 0.127 e. The summed E-state index contributed by atoms with van der Waals surface area (Å²) in [6.45, 7) is 0. The van der Waals surface area contributed by atoms with Crippen molar-refractivity contribution in [2.75, 3.05) is 5.88 Å². The van der Waals surface area contributed by atoms with Gasteiger partial charge in [-0.15, -0.1) is 11.6 Å². The Labute approximate surface area is 80.5 Å². The lowest BCUT2D eigenvalue weighted by Gasteiger charge is -1.91. The molecule has 0 saturated carbocycles. The van der Waals surface area contributed by atoms with Gasteiger partial charge in [0.15, 0.2) is 0 Å². The molecule has 1 aromatic carbocycles. The van der Waals surface area contributed by atoms with Gasteiger partial charge < -0.3 is 0 Å². The van der Waals surface area contributed by atoms with Gasteiger partial charge in [-0.1, -0.05) is 11.8 Å². The van der Waals surface area contributed by atoms with E-state index in [4.69, 9.17) is 11.6 Å². The highest BCUT2D eigenvalue weighted by Gasteiger charge is 1.96. The van der Waals surface area contributed by atoms with Crippen LogP contribution in [-0.2, 0) is 0 Å². The van der Waals surface area contributed by atoms with E-state index in [9.17, 15) is 8.78 Å². The average Bonchev–Trinajstić information content (AvgIpc) is 2.03. The summed E-state index contributed by atoms with van der Waals surface area (Å²) in [4.78, 5) is 0. The first-order chi connectivity index (χ1) is 6.22. The van der Waals surface area contributed by atoms with Crippen molar-refractivity contribution in [2.45, 2.75) is 6.42 Å². The Morgan fingerprint density at radius 1 is 1.15 bits per heavy atom. The summed E-state index contributed by atoms with van der Waals surface area (Å²) in [7, 11) is 0. The molecule has 68 valence electrons. The van der Waals surface area contributed by atoms with Gasteiger partial charge in [0.2, 0.25) is 0 Å². The zero-order valence-corrected chi connectivity index (χ0v) is 7.54. The van der Waals surface area contributed by atoms with Crippen LogP contribution in [0.25, 0.3) is 0 Å².